The monoisotopic (exact) mass is 253 g/mol. The lowest BCUT2D eigenvalue weighted by molar-refractivity contribution is -0.0122. The molecule has 102 valence electrons. The highest BCUT2D eigenvalue weighted by atomic mass is 16.5. The standard InChI is InChI=1S/C14H23NO3/c1-11(2)17-9-13(16)10-18-14-5-3-12(4-6-14)7-8-15/h3-6,11,13,16H,7-10,15H2,1-2H3. The van der Waals surface area contributed by atoms with Crippen molar-refractivity contribution in [1.82, 2.24) is 0 Å². The van der Waals surface area contributed by atoms with Gasteiger partial charge in [-0.25, -0.2) is 0 Å². The number of aliphatic hydroxyl groups is 1. The molecular formula is C14H23NO3. The summed E-state index contributed by atoms with van der Waals surface area (Å²) in [6.07, 6.45) is 0.386. The van der Waals surface area contributed by atoms with E-state index in [0.29, 0.717) is 13.2 Å². The van der Waals surface area contributed by atoms with E-state index in [1.54, 1.807) is 0 Å². The molecular weight excluding hydrogens is 230 g/mol. The minimum Gasteiger partial charge on any atom is -0.491 e. The minimum atomic E-state index is -0.601. The van der Waals surface area contributed by atoms with Gasteiger partial charge in [0, 0.05) is 0 Å². The molecule has 0 aromatic heterocycles. The number of aliphatic hydroxyl groups excluding tert-OH is 1. The smallest absolute Gasteiger partial charge is 0.119 e. The summed E-state index contributed by atoms with van der Waals surface area (Å²) >= 11 is 0. The Kier molecular flexibility index (Phi) is 6.72. The molecule has 1 unspecified atom stereocenters. The SMILES string of the molecule is CC(C)OCC(O)COc1ccc(CCN)cc1. The first-order chi connectivity index (χ1) is 8.61. The Hall–Kier alpha value is -1.10. The van der Waals surface area contributed by atoms with Gasteiger partial charge in [-0.2, -0.15) is 0 Å². The van der Waals surface area contributed by atoms with E-state index in [-0.39, 0.29) is 12.7 Å². The maximum atomic E-state index is 9.63. The van der Waals surface area contributed by atoms with Crippen LogP contribution in [0.4, 0.5) is 0 Å². The molecule has 0 heterocycles. The van der Waals surface area contributed by atoms with Gasteiger partial charge in [0.2, 0.25) is 0 Å². The molecule has 0 fully saturated rings. The topological polar surface area (TPSA) is 64.7 Å². The fourth-order valence-electron chi connectivity index (χ4n) is 1.46. The highest BCUT2D eigenvalue weighted by molar-refractivity contribution is 5.27. The quantitative estimate of drug-likeness (QED) is 0.734. The molecule has 1 aromatic rings. The van der Waals surface area contributed by atoms with Gasteiger partial charge in [-0.05, 0) is 44.5 Å². The van der Waals surface area contributed by atoms with Gasteiger partial charge in [-0.15, -0.1) is 0 Å². The van der Waals surface area contributed by atoms with Crippen molar-refractivity contribution < 1.29 is 14.6 Å². The summed E-state index contributed by atoms with van der Waals surface area (Å²) in [5, 5.41) is 9.63. The summed E-state index contributed by atoms with van der Waals surface area (Å²) in [6.45, 7) is 5.05. The molecule has 0 radical (unpaired) electrons. The first kappa shape index (κ1) is 15.0. The second kappa shape index (κ2) is 8.08. The van der Waals surface area contributed by atoms with Crippen molar-refractivity contribution >= 4 is 0 Å². The van der Waals surface area contributed by atoms with Crippen LogP contribution in [0.3, 0.4) is 0 Å². The van der Waals surface area contributed by atoms with E-state index in [2.05, 4.69) is 0 Å². The molecule has 1 rings (SSSR count). The van der Waals surface area contributed by atoms with Crippen molar-refractivity contribution in [3.63, 3.8) is 0 Å². The second-order valence-corrected chi connectivity index (χ2v) is 4.53. The van der Waals surface area contributed by atoms with Gasteiger partial charge in [-0.1, -0.05) is 12.1 Å². The van der Waals surface area contributed by atoms with Crippen LogP contribution in [0.15, 0.2) is 24.3 Å². The van der Waals surface area contributed by atoms with Crippen LogP contribution in [0.5, 0.6) is 5.75 Å². The lowest BCUT2D eigenvalue weighted by Crippen LogP contribution is -2.25. The van der Waals surface area contributed by atoms with Crippen LogP contribution in [0, 0.1) is 0 Å². The van der Waals surface area contributed by atoms with Gasteiger partial charge in [0.25, 0.3) is 0 Å². The highest BCUT2D eigenvalue weighted by Crippen LogP contribution is 2.12. The zero-order valence-corrected chi connectivity index (χ0v) is 11.1. The van der Waals surface area contributed by atoms with Crippen LogP contribution < -0.4 is 10.5 Å². The van der Waals surface area contributed by atoms with Crippen molar-refractivity contribution in [2.75, 3.05) is 19.8 Å². The summed E-state index contributed by atoms with van der Waals surface area (Å²) in [7, 11) is 0. The number of nitrogens with two attached hydrogens (primary N) is 1. The summed E-state index contributed by atoms with van der Waals surface area (Å²) in [5.74, 6) is 0.749. The van der Waals surface area contributed by atoms with E-state index in [0.717, 1.165) is 12.2 Å². The molecule has 0 aliphatic carbocycles. The van der Waals surface area contributed by atoms with E-state index in [1.165, 1.54) is 5.56 Å². The molecule has 0 amide bonds. The van der Waals surface area contributed by atoms with Crippen LogP contribution >= 0.6 is 0 Å². The minimum absolute atomic E-state index is 0.121. The third kappa shape index (κ3) is 6.00. The molecule has 0 saturated heterocycles. The van der Waals surface area contributed by atoms with Crippen molar-refractivity contribution in [3.8, 4) is 5.75 Å². The lowest BCUT2D eigenvalue weighted by Gasteiger charge is -2.14. The molecule has 18 heavy (non-hydrogen) atoms. The van der Waals surface area contributed by atoms with Gasteiger partial charge in [0.15, 0.2) is 0 Å². The zero-order valence-electron chi connectivity index (χ0n) is 11.1. The highest BCUT2D eigenvalue weighted by Gasteiger charge is 2.06. The van der Waals surface area contributed by atoms with E-state index in [4.69, 9.17) is 15.2 Å². The fraction of sp³-hybridized carbons (Fsp3) is 0.571. The Morgan fingerprint density at radius 1 is 1.17 bits per heavy atom. The molecule has 1 atom stereocenters. The number of hydrogen-bond donors (Lipinski definition) is 2. The molecule has 0 spiro atoms. The van der Waals surface area contributed by atoms with E-state index in [1.807, 2.05) is 38.1 Å². The molecule has 0 aliphatic rings. The van der Waals surface area contributed by atoms with Crippen LogP contribution in [0.2, 0.25) is 0 Å². The van der Waals surface area contributed by atoms with E-state index >= 15 is 0 Å². The van der Waals surface area contributed by atoms with Crippen molar-refractivity contribution in [2.45, 2.75) is 32.5 Å². The molecule has 0 aliphatic heterocycles. The third-order valence-corrected chi connectivity index (χ3v) is 2.42. The van der Waals surface area contributed by atoms with Crippen LogP contribution in [0.1, 0.15) is 19.4 Å². The normalized spacial score (nSPS) is 12.7. The summed E-state index contributed by atoms with van der Waals surface area (Å²) < 4.78 is 10.8. The second-order valence-electron chi connectivity index (χ2n) is 4.53. The fourth-order valence-corrected chi connectivity index (χ4v) is 1.46. The van der Waals surface area contributed by atoms with Gasteiger partial charge in [-0.3, -0.25) is 0 Å². The van der Waals surface area contributed by atoms with Gasteiger partial charge in [0.1, 0.15) is 18.5 Å². The van der Waals surface area contributed by atoms with Crippen LogP contribution in [-0.4, -0.2) is 37.1 Å². The number of rotatable bonds is 8. The van der Waals surface area contributed by atoms with Gasteiger partial charge in [0.05, 0.1) is 12.7 Å². The Balaban J connectivity index is 2.29. The maximum absolute atomic E-state index is 9.63. The number of ether oxygens (including phenoxy) is 2. The molecule has 1 aromatic carbocycles. The van der Waals surface area contributed by atoms with Crippen molar-refractivity contribution in [2.24, 2.45) is 5.73 Å². The Bertz CT molecular complexity index is 324. The molecule has 4 nitrogen and oxygen atoms in total. The molecule has 0 bridgehead atoms. The first-order valence-corrected chi connectivity index (χ1v) is 6.33. The van der Waals surface area contributed by atoms with E-state index < -0.39 is 6.10 Å². The Morgan fingerprint density at radius 2 is 1.83 bits per heavy atom. The summed E-state index contributed by atoms with van der Waals surface area (Å²) in [6, 6.07) is 7.75. The Labute approximate surface area is 109 Å². The third-order valence-electron chi connectivity index (χ3n) is 2.42. The summed E-state index contributed by atoms with van der Waals surface area (Å²) in [5.41, 5.74) is 6.66. The maximum Gasteiger partial charge on any atom is 0.119 e. The number of hydrogen-bond acceptors (Lipinski definition) is 4. The van der Waals surface area contributed by atoms with Crippen molar-refractivity contribution in [1.29, 1.82) is 0 Å². The average molecular weight is 253 g/mol. The molecule has 4 heteroatoms. The van der Waals surface area contributed by atoms with E-state index in [9.17, 15) is 5.11 Å². The van der Waals surface area contributed by atoms with Gasteiger partial charge >= 0.3 is 0 Å². The van der Waals surface area contributed by atoms with Crippen molar-refractivity contribution in [3.05, 3.63) is 29.8 Å². The van der Waals surface area contributed by atoms with Crippen LogP contribution in [-0.2, 0) is 11.2 Å². The Morgan fingerprint density at radius 3 is 2.39 bits per heavy atom. The van der Waals surface area contributed by atoms with Gasteiger partial charge < -0.3 is 20.3 Å². The molecule has 0 saturated carbocycles. The lowest BCUT2D eigenvalue weighted by atomic mass is 10.1. The largest absolute Gasteiger partial charge is 0.491 e. The zero-order chi connectivity index (χ0) is 13.4. The predicted octanol–water partition coefficient (Wildman–Crippen LogP) is 1.35. The average Bonchev–Trinajstić information content (AvgIpc) is 2.36. The molecule has 3 N–H and O–H groups in total. The first-order valence-electron chi connectivity index (χ1n) is 6.33. The number of benzene rings is 1. The predicted molar refractivity (Wildman–Crippen MR) is 71.8 cm³/mol. The van der Waals surface area contributed by atoms with Crippen LogP contribution in [0.25, 0.3) is 0 Å². The summed E-state index contributed by atoms with van der Waals surface area (Å²) in [4.78, 5) is 0.